The van der Waals surface area contributed by atoms with Crippen LogP contribution in [0.25, 0.3) is 5.69 Å². The van der Waals surface area contributed by atoms with Crippen LogP contribution in [0.3, 0.4) is 0 Å². The predicted molar refractivity (Wildman–Crippen MR) is 102 cm³/mol. The highest BCUT2D eigenvalue weighted by molar-refractivity contribution is 6.02. The Kier molecular flexibility index (Phi) is 5.59. The molecule has 1 fully saturated rings. The Morgan fingerprint density at radius 3 is 2.55 bits per heavy atom. The number of para-hydroxylation sites is 1. The Balaban J connectivity index is 1.41. The zero-order valence-corrected chi connectivity index (χ0v) is 15.5. The number of rotatable bonds is 5. The highest BCUT2D eigenvalue weighted by Crippen LogP contribution is 2.17. The fourth-order valence-electron chi connectivity index (χ4n) is 3.07. The van der Waals surface area contributed by atoms with Gasteiger partial charge in [0.05, 0.1) is 13.2 Å². The first-order chi connectivity index (χ1) is 14.1. The van der Waals surface area contributed by atoms with Gasteiger partial charge >= 0.3 is 0 Å². The van der Waals surface area contributed by atoms with Gasteiger partial charge in [0.15, 0.2) is 17.3 Å². The topological polar surface area (TPSA) is 72.3 Å². The highest BCUT2D eigenvalue weighted by atomic mass is 19.1. The van der Waals surface area contributed by atoms with Gasteiger partial charge in [-0.25, -0.2) is 18.4 Å². The lowest BCUT2D eigenvalue weighted by atomic mass is 10.2. The van der Waals surface area contributed by atoms with E-state index in [9.17, 15) is 13.6 Å². The molecule has 1 N–H and O–H groups in total. The molecule has 1 saturated heterocycles. The van der Waals surface area contributed by atoms with Crippen LogP contribution in [0.15, 0.2) is 48.8 Å². The van der Waals surface area contributed by atoms with Crippen molar-refractivity contribution in [2.75, 3.05) is 31.6 Å². The first-order valence-corrected chi connectivity index (χ1v) is 9.16. The molecule has 4 rings (SSSR count). The molecule has 9 heteroatoms. The van der Waals surface area contributed by atoms with Crippen molar-refractivity contribution >= 4 is 11.7 Å². The van der Waals surface area contributed by atoms with E-state index in [-0.39, 0.29) is 11.4 Å². The maximum atomic E-state index is 13.9. The van der Waals surface area contributed by atoms with E-state index in [1.165, 1.54) is 18.3 Å². The van der Waals surface area contributed by atoms with Crippen molar-refractivity contribution in [1.29, 1.82) is 0 Å². The summed E-state index contributed by atoms with van der Waals surface area (Å²) in [5.41, 5.74) is 0.716. The van der Waals surface area contributed by atoms with Crippen LogP contribution in [0.1, 0.15) is 16.1 Å². The lowest BCUT2D eigenvalue weighted by Gasteiger charge is -2.26. The molecule has 0 spiro atoms. The van der Waals surface area contributed by atoms with Crippen LogP contribution in [-0.2, 0) is 11.3 Å². The molecule has 1 aliphatic heterocycles. The van der Waals surface area contributed by atoms with Crippen molar-refractivity contribution < 1.29 is 18.3 Å². The van der Waals surface area contributed by atoms with Gasteiger partial charge in [0.1, 0.15) is 11.5 Å². The van der Waals surface area contributed by atoms with Crippen LogP contribution in [0.5, 0.6) is 0 Å². The molecule has 0 unspecified atom stereocenters. The molecule has 3 heterocycles. The van der Waals surface area contributed by atoms with Crippen LogP contribution in [0.2, 0.25) is 0 Å². The van der Waals surface area contributed by atoms with Gasteiger partial charge in [0.25, 0.3) is 5.91 Å². The van der Waals surface area contributed by atoms with Crippen molar-refractivity contribution in [2.45, 2.75) is 6.54 Å². The minimum atomic E-state index is -0.766. The average Bonchev–Trinajstić information content (AvgIpc) is 3.20. The lowest BCUT2D eigenvalue weighted by Crippen LogP contribution is -2.35. The average molecular weight is 399 g/mol. The first-order valence-electron chi connectivity index (χ1n) is 9.16. The number of carbonyl (C=O) groups is 1. The highest BCUT2D eigenvalue weighted by Gasteiger charge is 2.16. The van der Waals surface area contributed by atoms with E-state index in [2.05, 4.69) is 20.3 Å². The summed E-state index contributed by atoms with van der Waals surface area (Å²) in [7, 11) is 0. The van der Waals surface area contributed by atoms with Crippen LogP contribution >= 0.6 is 0 Å². The van der Waals surface area contributed by atoms with Gasteiger partial charge in [-0.05, 0) is 29.8 Å². The van der Waals surface area contributed by atoms with Crippen molar-refractivity contribution in [3.05, 3.63) is 71.7 Å². The summed E-state index contributed by atoms with van der Waals surface area (Å²) in [5.74, 6) is -1.68. The third kappa shape index (κ3) is 4.47. The molecule has 0 saturated carbocycles. The number of anilines is 1. The van der Waals surface area contributed by atoms with Gasteiger partial charge in [-0.15, -0.1) is 0 Å². The number of aromatic nitrogens is 3. The summed E-state index contributed by atoms with van der Waals surface area (Å²) in [6.07, 6.45) is 3.04. The molecule has 1 amide bonds. The number of halogens is 2. The summed E-state index contributed by atoms with van der Waals surface area (Å²) in [4.78, 5) is 18.9. The lowest BCUT2D eigenvalue weighted by molar-refractivity contribution is 0.0341. The maximum Gasteiger partial charge on any atom is 0.277 e. The smallest absolute Gasteiger partial charge is 0.277 e. The molecule has 3 aromatic rings. The zero-order chi connectivity index (χ0) is 20.2. The Hall–Kier alpha value is -3.17. The largest absolute Gasteiger partial charge is 0.379 e. The number of morpholine rings is 1. The zero-order valence-electron chi connectivity index (χ0n) is 15.5. The molecule has 0 aliphatic carbocycles. The number of hydrogen-bond donors (Lipinski definition) is 1. The molecule has 1 aliphatic rings. The van der Waals surface area contributed by atoms with Crippen molar-refractivity contribution in [3.63, 3.8) is 0 Å². The Labute approximate surface area is 165 Å². The maximum absolute atomic E-state index is 13.9. The van der Waals surface area contributed by atoms with Crippen molar-refractivity contribution in [2.24, 2.45) is 0 Å². The van der Waals surface area contributed by atoms with E-state index in [1.807, 2.05) is 6.07 Å². The number of nitrogens with zero attached hydrogens (tertiary/aromatic N) is 4. The second-order valence-corrected chi connectivity index (χ2v) is 6.61. The Bertz CT molecular complexity index is 980. The van der Waals surface area contributed by atoms with Gasteiger partial charge in [-0.3, -0.25) is 9.69 Å². The van der Waals surface area contributed by atoms with E-state index in [4.69, 9.17) is 4.74 Å². The second-order valence-electron chi connectivity index (χ2n) is 6.61. The normalized spacial score (nSPS) is 14.7. The molecule has 29 heavy (non-hydrogen) atoms. The minimum absolute atomic E-state index is 0.0202. The summed E-state index contributed by atoms with van der Waals surface area (Å²) in [6, 6.07) is 8.50. The fourth-order valence-corrected chi connectivity index (χ4v) is 3.07. The van der Waals surface area contributed by atoms with Crippen LogP contribution in [-0.4, -0.2) is 51.9 Å². The number of pyridine rings is 1. The SMILES string of the molecule is O=C(Nc1ccc(CN2CCOCC2)cn1)c1ccn(-c2c(F)cccc2F)n1. The van der Waals surface area contributed by atoms with Crippen molar-refractivity contribution in [3.8, 4) is 5.69 Å². The monoisotopic (exact) mass is 399 g/mol. The van der Waals surface area contributed by atoms with E-state index < -0.39 is 17.5 Å². The molecule has 2 aromatic heterocycles. The summed E-state index contributed by atoms with van der Waals surface area (Å²) in [6.45, 7) is 3.98. The summed E-state index contributed by atoms with van der Waals surface area (Å²) >= 11 is 0. The molecule has 150 valence electrons. The quantitative estimate of drug-likeness (QED) is 0.714. The van der Waals surface area contributed by atoms with Gasteiger partial charge in [0, 0.05) is 32.0 Å². The molecule has 0 atom stereocenters. The van der Waals surface area contributed by atoms with Gasteiger partial charge in [-0.1, -0.05) is 12.1 Å². The number of amides is 1. The van der Waals surface area contributed by atoms with Crippen LogP contribution in [0.4, 0.5) is 14.6 Å². The molecular formula is C20H19F2N5O2. The third-order valence-corrected chi connectivity index (χ3v) is 4.56. The standard InChI is InChI=1S/C20H19F2N5O2/c21-15-2-1-3-16(22)19(15)27-7-6-17(25-27)20(28)24-18-5-4-14(12-23-18)13-26-8-10-29-11-9-26/h1-7,12H,8-11,13H2,(H,23,24,28). The van der Waals surface area contributed by atoms with E-state index in [0.717, 1.165) is 55.2 Å². The summed E-state index contributed by atoms with van der Waals surface area (Å²) < 4.78 is 34.1. The van der Waals surface area contributed by atoms with Gasteiger partial charge in [0.2, 0.25) is 0 Å². The number of carbonyl (C=O) groups excluding carboxylic acids is 1. The predicted octanol–water partition coefficient (Wildman–Crippen LogP) is 2.63. The van der Waals surface area contributed by atoms with Crippen LogP contribution < -0.4 is 5.32 Å². The van der Waals surface area contributed by atoms with Crippen molar-refractivity contribution in [1.82, 2.24) is 19.7 Å². The van der Waals surface area contributed by atoms with Gasteiger partial charge in [-0.2, -0.15) is 5.10 Å². The molecule has 7 nitrogen and oxygen atoms in total. The molecule has 1 aromatic carbocycles. The van der Waals surface area contributed by atoms with E-state index in [0.29, 0.717) is 5.82 Å². The molecular weight excluding hydrogens is 380 g/mol. The second kappa shape index (κ2) is 8.46. The Morgan fingerprint density at radius 1 is 1.10 bits per heavy atom. The number of hydrogen-bond acceptors (Lipinski definition) is 5. The first kappa shape index (κ1) is 19.2. The number of nitrogens with one attached hydrogen (secondary N) is 1. The third-order valence-electron chi connectivity index (χ3n) is 4.56. The summed E-state index contributed by atoms with van der Waals surface area (Å²) in [5, 5.41) is 6.61. The Morgan fingerprint density at radius 2 is 1.86 bits per heavy atom. The number of ether oxygens (including phenoxy) is 1. The molecule has 0 bridgehead atoms. The number of benzene rings is 1. The van der Waals surface area contributed by atoms with E-state index in [1.54, 1.807) is 12.3 Å². The van der Waals surface area contributed by atoms with E-state index >= 15 is 0 Å². The molecule has 0 radical (unpaired) electrons. The van der Waals surface area contributed by atoms with Crippen LogP contribution in [0, 0.1) is 11.6 Å². The fraction of sp³-hybridized carbons (Fsp3) is 0.250. The minimum Gasteiger partial charge on any atom is -0.379 e. The van der Waals surface area contributed by atoms with Gasteiger partial charge < -0.3 is 10.1 Å².